The quantitative estimate of drug-likeness (QED) is 0.619. The summed E-state index contributed by atoms with van der Waals surface area (Å²) in [6, 6.07) is 20.4. The number of fused-ring (bicyclic) bond motifs is 1. The third-order valence-corrected chi connectivity index (χ3v) is 4.70. The Hall–Kier alpha value is -3.12. The summed E-state index contributed by atoms with van der Waals surface area (Å²) >= 11 is 0. The number of rotatable bonds is 7. The van der Waals surface area contributed by atoms with E-state index in [1.165, 1.54) is 5.56 Å². The summed E-state index contributed by atoms with van der Waals surface area (Å²) in [7, 11) is 0. The molecular weight excluding hydrogens is 350 g/mol. The summed E-state index contributed by atoms with van der Waals surface area (Å²) in [5.74, 6) is 1.34. The van der Waals surface area contributed by atoms with Crippen molar-refractivity contribution in [2.24, 2.45) is 10.7 Å². The van der Waals surface area contributed by atoms with Gasteiger partial charge in [0.2, 0.25) is 6.35 Å². The topological polar surface area (TPSA) is 77.5 Å². The zero-order chi connectivity index (χ0) is 19.3. The minimum Gasteiger partial charge on any atom is -0.384 e. The Morgan fingerprint density at radius 2 is 1.79 bits per heavy atom. The maximum atomic E-state index is 6.28. The number of nitrogens with two attached hydrogens (primary N) is 1. The van der Waals surface area contributed by atoms with E-state index in [0.29, 0.717) is 24.3 Å². The smallest absolute Gasteiger partial charge is 0.228 e. The second-order valence-electron chi connectivity index (χ2n) is 6.81. The highest BCUT2D eigenvalue weighted by Gasteiger charge is 2.20. The van der Waals surface area contributed by atoms with Gasteiger partial charge in [0.05, 0.1) is 13.2 Å². The fraction of sp³-hybridized carbons (Fsp3) is 0.273. The van der Waals surface area contributed by atoms with Gasteiger partial charge in [-0.15, -0.1) is 0 Å². The molecule has 144 valence electrons. The molecule has 0 fully saturated rings. The minimum absolute atomic E-state index is 0.492. The normalized spacial score (nSPS) is 15.6. The second kappa shape index (κ2) is 8.27. The summed E-state index contributed by atoms with van der Waals surface area (Å²) < 4.78 is 7.97. The fourth-order valence-electron chi connectivity index (χ4n) is 3.24. The average molecular weight is 375 g/mol. The molecule has 2 heterocycles. The van der Waals surface area contributed by atoms with Crippen LogP contribution in [-0.4, -0.2) is 22.5 Å². The number of imidazole rings is 1. The van der Waals surface area contributed by atoms with Crippen LogP contribution in [0.5, 0.6) is 0 Å². The Kier molecular flexibility index (Phi) is 5.39. The van der Waals surface area contributed by atoms with Crippen molar-refractivity contribution < 1.29 is 4.74 Å². The van der Waals surface area contributed by atoms with Gasteiger partial charge >= 0.3 is 0 Å². The van der Waals surface area contributed by atoms with E-state index < -0.39 is 6.35 Å². The third-order valence-electron chi connectivity index (χ3n) is 4.70. The van der Waals surface area contributed by atoms with Gasteiger partial charge in [0.25, 0.3) is 0 Å². The van der Waals surface area contributed by atoms with E-state index in [1.54, 1.807) is 0 Å². The van der Waals surface area contributed by atoms with Gasteiger partial charge in [0.15, 0.2) is 5.49 Å². The molecule has 4 rings (SSSR count). The number of ether oxygens (including phenoxy) is 1. The predicted octanol–water partition coefficient (Wildman–Crippen LogP) is 1.95. The Bertz CT molecular complexity index is 1040. The molecule has 6 heteroatoms. The molecule has 0 aliphatic carbocycles. The molecule has 0 bridgehead atoms. The molecule has 0 saturated heterocycles. The summed E-state index contributed by atoms with van der Waals surface area (Å²) in [4.78, 5) is 9.59. The lowest BCUT2D eigenvalue weighted by atomic mass is 10.2. The van der Waals surface area contributed by atoms with Crippen molar-refractivity contribution in [3.63, 3.8) is 0 Å². The lowest BCUT2D eigenvalue weighted by Crippen LogP contribution is -2.49. The number of nitrogens with one attached hydrogen (secondary N) is 1. The van der Waals surface area contributed by atoms with Gasteiger partial charge < -0.3 is 20.4 Å². The number of unbranched alkanes of at least 4 members (excludes halogenated alkanes) is 1. The first-order valence-electron chi connectivity index (χ1n) is 9.68. The molecular formula is C22H25N5O. The first-order chi connectivity index (χ1) is 13.8. The van der Waals surface area contributed by atoms with Crippen molar-refractivity contribution in [3.8, 4) is 11.4 Å². The molecule has 1 aromatic heterocycles. The molecule has 1 aliphatic rings. The lowest BCUT2D eigenvalue weighted by Gasteiger charge is -2.19. The van der Waals surface area contributed by atoms with Gasteiger partial charge in [-0.3, -0.25) is 0 Å². The number of aromatic nitrogens is 2. The largest absolute Gasteiger partial charge is 0.384 e. The van der Waals surface area contributed by atoms with E-state index in [1.807, 2.05) is 48.5 Å². The van der Waals surface area contributed by atoms with E-state index in [0.717, 1.165) is 29.7 Å². The molecule has 0 spiro atoms. The zero-order valence-corrected chi connectivity index (χ0v) is 16.0. The SMILES string of the molecule is CCCCOC1N=c2c(nc(-c3ccccc3)n2Cc2ccccc2)=C(N)N1. The van der Waals surface area contributed by atoms with E-state index >= 15 is 0 Å². The molecule has 0 saturated carbocycles. The minimum atomic E-state index is -0.492. The Morgan fingerprint density at radius 3 is 2.50 bits per heavy atom. The van der Waals surface area contributed by atoms with Crippen LogP contribution in [0.15, 0.2) is 65.7 Å². The van der Waals surface area contributed by atoms with Crippen LogP contribution >= 0.6 is 0 Å². The molecule has 2 aromatic carbocycles. The molecule has 28 heavy (non-hydrogen) atoms. The zero-order valence-electron chi connectivity index (χ0n) is 16.0. The van der Waals surface area contributed by atoms with Gasteiger partial charge in [0, 0.05) is 5.56 Å². The number of nitrogens with zero attached hydrogens (tertiary/aromatic N) is 3. The molecule has 3 N–H and O–H groups in total. The summed E-state index contributed by atoms with van der Waals surface area (Å²) in [5, 5.41) is 3.79. The molecule has 3 aromatic rings. The number of hydrogen-bond acceptors (Lipinski definition) is 5. The molecule has 1 atom stereocenters. The predicted molar refractivity (Wildman–Crippen MR) is 109 cm³/mol. The Balaban J connectivity index is 1.82. The van der Waals surface area contributed by atoms with Crippen LogP contribution in [0.4, 0.5) is 0 Å². The van der Waals surface area contributed by atoms with Crippen LogP contribution in [0.25, 0.3) is 17.2 Å². The first-order valence-corrected chi connectivity index (χ1v) is 9.68. The first kappa shape index (κ1) is 18.3. The van der Waals surface area contributed by atoms with Crippen molar-refractivity contribution >= 4 is 5.82 Å². The molecule has 0 radical (unpaired) electrons. The van der Waals surface area contributed by atoms with Crippen molar-refractivity contribution in [2.75, 3.05) is 6.61 Å². The van der Waals surface area contributed by atoms with E-state index in [-0.39, 0.29) is 0 Å². The molecule has 1 aliphatic heterocycles. The van der Waals surface area contributed by atoms with Gasteiger partial charge in [-0.25, -0.2) is 9.98 Å². The Labute approximate surface area is 164 Å². The van der Waals surface area contributed by atoms with Gasteiger partial charge in [-0.1, -0.05) is 74.0 Å². The van der Waals surface area contributed by atoms with Crippen LogP contribution in [0.2, 0.25) is 0 Å². The van der Waals surface area contributed by atoms with Crippen molar-refractivity contribution in [1.82, 2.24) is 14.9 Å². The third kappa shape index (κ3) is 3.77. The Morgan fingerprint density at radius 1 is 1.07 bits per heavy atom. The second-order valence-corrected chi connectivity index (χ2v) is 6.81. The highest BCUT2D eigenvalue weighted by Crippen LogP contribution is 2.16. The maximum absolute atomic E-state index is 6.28. The van der Waals surface area contributed by atoms with Crippen LogP contribution in [0.3, 0.4) is 0 Å². The highest BCUT2D eigenvalue weighted by molar-refractivity contribution is 5.56. The van der Waals surface area contributed by atoms with Gasteiger partial charge in [0.1, 0.15) is 17.0 Å². The number of benzene rings is 2. The van der Waals surface area contributed by atoms with Crippen molar-refractivity contribution in [3.05, 3.63) is 77.1 Å². The van der Waals surface area contributed by atoms with Crippen molar-refractivity contribution in [2.45, 2.75) is 32.7 Å². The van der Waals surface area contributed by atoms with E-state index in [9.17, 15) is 0 Å². The maximum Gasteiger partial charge on any atom is 0.228 e. The highest BCUT2D eigenvalue weighted by atomic mass is 16.5. The summed E-state index contributed by atoms with van der Waals surface area (Å²) in [6.07, 6.45) is 1.56. The number of hydrogen-bond donors (Lipinski definition) is 2. The van der Waals surface area contributed by atoms with Gasteiger partial charge in [-0.2, -0.15) is 0 Å². The monoisotopic (exact) mass is 375 g/mol. The lowest BCUT2D eigenvalue weighted by molar-refractivity contribution is 0.0403. The molecule has 0 amide bonds. The standard InChI is InChI=1S/C22H25N5O/c1-2-3-14-28-22-25-19(23)18-21(26-22)27(15-16-10-6-4-7-11-16)20(24-18)17-12-8-5-9-13-17/h4-13,22,25H,2-3,14-15,23H2,1H3. The van der Waals surface area contributed by atoms with E-state index in [2.05, 4.69) is 28.9 Å². The van der Waals surface area contributed by atoms with Crippen molar-refractivity contribution in [1.29, 1.82) is 0 Å². The van der Waals surface area contributed by atoms with Crippen LogP contribution < -0.4 is 21.9 Å². The molecule has 1 unspecified atom stereocenters. The average Bonchev–Trinajstić information content (AvgIpc) is 3.09. The van der Waals surface area contributed by atoms with Crippen LogP contribution in [0, 0.1) is 0 Å². The fourth-order valence-corrected chi connectivity index (χ4v) is 3.24. The van der Waals surface area contributed by atoms with E-state index in [4.69, 9.17) is 20.4 Å². The van der Waals surface area contributed by atoms with Crippen LogP contribution in [0.1, 0.15) is 25.3 Å². The summed E-state index contributed by atoms with van der Waals surface area (Å²) in [5.41, 5.74) is 9.24. The van der Waals surface area contributed by atoms with Crippen LogP contribution in [-0.2, 0) is 11.3 Å². The summed E-state index contributed by atoms with van der Waals surface area (Å²) in [6.45, 7) is 3.43. The molecule has 6 nitrogen and oxygen atoms in total. The van der Waals surface area contributed by atoms with Gasteiger partial charge in [-0.05, 0) is 12.0 Å².